The zero-order valence-electron chi connectivity index (χ0n) is 10.4. The van der Waals surface area contributed by atoms with Gasteiger partial charge in [-0.1, -0.05) is 11.6 Å². The maximum atomic E-state index is 13.4. The van der Waals surface area contributed by atoms with Crippen LogP contribution in [0.3, 0.4) is 0 Å². The van der Waals surface area contributed by atoms with Crippen molar-refractivity contribution >= 4 is 29.0 Å². The van der Waals surface area contributed by atoms with Gasteiger partial charge in [0.2, 0.25) is 5.82 Å². The molecule has 22 heavy (non-hydrogen) atoms. The van der Waals surface area contributed by atoms with Crippen LogP contribution in [0.15, 0.2) is 18.3 Å². The third-order valence-corrected chi connectivity index (χ3v) is 2.64. The third kappa shape index (κ3) is 3.08. The summed E-state index contributed by atoms with van der Waals surface area (Å²) in [5.41, 5.74) is -1.37. The Labute approximate surface area is 124 Å². The zero-order valence-corrected chi connectivity index (χ0v) is 11.1. The molecule has 2 rings (SSSR count). The predicted molar refractivity (Wildman–Crippen MR) is 68.1 cm³/mol. The highest BCUT2D eigenvalue weighted by atomic mass is 35.5. The van der Waals surface area contributed by atoms with Gasteiger partial charge in [-0.05, 0) is 12.1 Å². The van der Waals surface area contributed by atoms with Crippen LogP contribution >= 0.6 is 11.6 Å². The second-order valence-corrected chi connectivity index (χ2v) is 4.28. The fourth-order valence-electron chi connectivity index (χ4n) is 1.47. The number of carbonyl (C=O) groups excluding carboxylic acids is 1. The minimum atomic E-state index is -2.32. The number of pyridine rings is 1. The van der Waals surface area contributed by atoms with Crippen LogP contribution in [0.1, 0.15) is 0 Å². The van der Waals surface area contributed by atoms with E-state index in [9.17, 15) is 26.7 Å². The monoisotopic (exact) mass is 337 g/mol. The molecule has 0 aliphatic carbocycles. The first-order valence-electron chi connectivity index (χ1n) is 5.52. The summed E-state index contributed by atoms with van der Waals surface area (Å²) in [4.78, 5) is 15.2. The number of benzene rings is 1. The first-order chi connectivity index (χ1) is 10.3. The molecular formula is C12H5ClF5N3O. The molecule has 116 valence electrons. The average molecular weight is 338 g/mol. The number of rotatable bonds is 2. The van der Waals surface area contributed by atoms with E-state index in [2.05, 4.69) is 10.3 Å². The summed E-state index contributed by atoms with van der Waals surface area (Å²) >= 11 is 5.55. The van der Waals surface area contributed by atoms with Gasteiger partial charge in [0.1, 0.15) is 10.8 Å². The fraction of sp³-hybridized carbons (Fsp3) is 0. The van der Waals surface area contributed by atoms with Gasteiger partial charge in [0, 0.05) is 11.9 Å². The van der Waals surface area contributed by atoms with Gasteiger partial charge in [0.15, 0.2) is 23.3 Å². The number of nitrogens with one attached hydrogen (secondary N) is 2. The summed E-state index contributed by atoms with van der Waals surface area (Å²) in [5.74, 6) is -11.0. The number of carbonyl (C=O) groups is 1. The average Bonchev–Trinajstić information content (AvgIpc) is 2.47. The van der Waals surface area contributed by atoms with Crippen LogP contribution in [-0.2, 0) is 0 Å². The molecule has 0 aliphatic heterocycles. The number of urea groups is 1. The van der Waals surface area contributed by atoms with Crippen molar-refractivity contribution in [2.24, 2.45) is 0 Å². The van der Waals surface area contributed by atoms with Gasteiger partial charge in [-0.25, -0.2) is 31.7 Å². The SMILES string of the molecule is O=C(Nc1ccnc(Cl)c1)Nc1c(F)c(F)c(F)c(F)c1F. The highest BCUT2D eigenvalue weighted by molar-refractivity contribution is 6.29. The molecule has 0 unspecified atom stereocenters. The number of halogens is 6. The Kier molecular flexibility index (Phi) is 4.45. The van der Waals surface area contributed by atoms with E-state index in [-0.39, 0.29) is 10.8 Å². The van der Waals surface area contributed by atoms with Gasteiger partial charge >= 0.3 is 6.03 Å². The van der Waals surface area contributed by atoms with Gasteiger partial charge in [-0.15, -0.1) is 0 Å². The van der Waals surface area contributed by atoms with E-state index >= 15 is 0 Å². The number of amides is 2. The Morgan fingerprint density at radius 1 is 0.955 bits per heavy atom. The summed E-state index contributed by atoms with van der Waals surface area (Å²) in [6, 6.07) is 1.27. The topological polar surface area (TPSA) is 54.0 Å². The second kappa shape index (κ2) is 6.14. The summed E-state index contributed by atoms with van der Waals surface area (Å²) < 4.78 is 65.5. The Morgan fingerprint density at radius 2 is 1.50 bits per heavy atom. The van der Waals surface area contributed by atoms with Gasteiger partial charge in [-0.3, -0.25) is 0 Å². The fourth-order valence-corrected chi connectivity index (χ4v) is 1.64. The van der Waals surface area contributed by atoms with Crippen molar-refractivity contribution in [3.8, 4) is 0 Å². The largest absolute Gasteiger partial charge is 0.323 e. The molecule has 0 saturated heterocycles. The first kappa shape index (κ1) is 16.0. The summed E-state index contributed by atoms with van der Waals surface area (Å²) in [6.45, 7) is 0. The van der Waals surface area contributed by atoms with E-state index in [0.29, 0.717) is 0 Å². The molecule has 0 aliphatic rings. The Balaban J connectivity index is 2.26. The highest BCUT2D eigenvalue weighted by Crippen LogP contribution is 2.27. The molecule has 0 bridgehead atoms. The molecule has 4 nitrogen and oxygen atoms in total. The van der Waals surface area contributed by atoms with Crippen LogP contribution in [0.4, 0.5) is 38.1 Å². The van der Waals surface area contributed by atoms with Crippen molar-refractivity contribution in [1.82, 2.24) is 4.98 Å². The van der Waals surface area contributed by atoms with E-state index in [1.54, 1.807) is 5.32 Å². The Bertz CT molecular complexity index is 727. The molecule has 1 aromatic carbocycles. The molecule has 0 fully saturated rings. The lowest BCUT2D eigenvalue weighted by molar-refractivity contribution is 0.261. The lowest BCUT2D eigenvalue weighted by atomic mass is 10.2. The van der Waals surface area contributed by atoms with Gasteiger partial charge in [0.25, 0.3) is 0 Å². The Morgan fingerprint density at radius 3 is 2.05 bits per heavy atom. The summed E-state index contributed by atoms with van der Waals surface area (Å²) in [5, 5.41) is 3.66. The minimum absolute atomic E-state index is 0.0223. The van der Waals surface area contributed by atoms with E-state index in [1.807, 2.05) is 0 Å². The summed E-state index contributed by atoms with van der Waals surface area (Å²) in [7, 11) is 0. The second-order valence-electron chi connectivity index (χ2n) is 3.89. The molecule has 2 aromatic rings. The number of nitrogens with zero attached hydrogens (tertiary/aromatic N) is 1. The number of hydrogen-bond acceptors (Lipinski definition) is 2. The summed E-state index contributed by atoms with van der Waals surface area (Å²) in [6.07, 6.45) is 1.23. The number of anilines is 2. The van der Waals surface area contributed by atoms with Crippen LogP contribution in [0, 0.1) is 29.1 Å². The van der Waals surface area contributed by atoms with Crippen LogP contribution in [0.25, 0.3) is 0 Å². The zero-order chi connectivity index (χ0) is 16.4. The predicted octanol–water partition coefficient (Wildman–Crippen LogP) is 4.07. The maximum Gasteiger partial charge on any atom is 0.323 e. The normalized spacial score (nSPS) is 10.5. The molecule has 1 aromatic heterocycles. The van der Waals surface area contributed by atoms with Crippen LogP contribution in [0.2, 0.25) is 5.15 Å². The van der Waals surface area contributed by atoms with Crippen molar-refractivity contribution in [2.45, 2.75) is 0 Å². The maximum absolute atomic E-state index is 13.4. The molecule has 1 heterocycles. The lowest BCUT2D eigenvalue weighted by Crippen LogP contribution is -2.22. The smallest absolute Gasteiger partial charge is 0.308 e. The van der Waals surface area contributed by atoms with E-state index in [1.165, 1.54) is 18.3 Å². The first-order valence-corrected chi connectivity index (χ1v) is 5.90. The third-order valence-electron chi connectivity index (χ3n) is 2.43. The van der Waals surface area contributed by atoms with E-state index < -0.39 is 40.8 Å². The quantitative estimate of drug-likeness (QED) is 0.375. The highest BCUT2D eigenvalue weighted by Gasteiger charge is 2.26. The number of hydrogen-bond donors (Lipinski definition) is 2. The van der Waals surface area contributed by atoms with Crippen molar-refractivity contribution in [1.29, 1.82) is 0 Å². The van der Waals surface area contributed by atoms with Crippen LogP contribution in [-0.4, -0.2) is 11.0 Å². The van der Waals surface area contributed by atoms with E-state index in [4.69, 9.17) is 11.6 Å². The molecule has 2 N–H and O–H groups in total. The molecule has 10 heteroatoms. The van der Waals surface area contributed by atoms with Crippen LogP contribution in [0.5, 0.6) is 0 Å². The molecule has 0 saturated carbocycles. The van der Waals surface area contributed by atoms with Crippen molar-refractivity contribution in [2.75, 3.05) is 10.6 Å². The molecule has 0 atom stereocenters. The standard InChI is InChI=1S/C12H5ClF5N3O/c13-5-3-4(1-2-19-5)20-12(22)21-11-9(17)7(15)6(14)8(16)10(11)18/h1-3H,(H2,19,20,21,22). The van der Waals surface area contributed by atoms with Gasteiger partial charge < -0.3 is 10.6 Å². The van der Waals surface area contributed by atoms with Crippen molar-refractivity contribution in [3.05, 3.63) is 52.6 Å². The molecule has 0 spiro atoms. The number of aromatic nitrogens is 1. The minimum Gasteiger partial charge on any atom is -0.308 e. The van der Waals surface area contributed by atoms with E-state index in [0.717, 1.165) is 0 Å². The molecule has 2 amide bonds. The van der Waals surface area contributed by atoms with Gasteiger partial charge in [-0.2, -0.15) is 0 Å². The van der Waals surface area contributed by atoms with Gasteiger partial charge in [0.05, 0.1) is 0 Å². The Hall–Kier alpha value is -2.42. The van der Waals surface area contributed by atoms with Crippen LogP contribution < -0.4 is 10.6 Å². The molecule has 0 radical (unpaired) electrons. The van der Waals surface area contributed by atoms with Crippen molar-refractivity contribution < 1.29 is 26.7 Å². The van der Waals surface area contributed by atoms with Crippen molar-refractivity contribution in [3.63, 3.8) is 0 Å². The molecular weight excluding hydrogens is 333 g/mol. The lowest BCUT2D eigenvalue weighted by Gasteiger charge is -2.11.